The fraction of sp³-hybridized carbons (Fsp3) is 0.417. The van der Waals surface area contributed by atoms with Gasteiger partial charge in [-0.1, -0.05) is 12.1 Å². The predicted molar refractivity (Wildman–Crippen MR) is 67.7 cm³/mol. The van der Waals surface area contributed by atoms with Crippen molar-refractivity contribution in [3.05, 3.63) is 29.8 Å². The van der Waals surface area contributed by atoms with Gasteiger partial charge in [0.1, 0.15) is 5.60 Å². The summed E-state index contributed by atoms with van der Waals surface area (Å²) in [6.07, 6.45) is -0.982. The lowest BCUT2D eigenvalue weighted by Gasteiger charge is -2.19. The largest absolute Gasteiger partial charge is 0.443 e. The summed E-state index contributed by atoms with van der Waals surface area (Å²) >= 11 is 0. The molecule has 0 atom stereocenters. The van der Waals surface area contributed by atoms with Gasteiger partial charge in [0.15, 0.2) is 0 Å². The first-order valence-electron chi connectivity index (χ1n) is 5.43. The second kappa shape index (κ2) is 4.97. The Morgan fingerprint density at radius 1 is 1.28 bits per heavy atom. The van der Waals surface area contributed by atoms with E-state index in [2.05, 4.69) is 0 Å². The second-order valence-electron chi connectivity index (χ2n) is 4.92. The summed E-state index contributed by atoms with van der Waals surface area (Å²) in [5, 5.41) is 0. The van der Waals surface area contributed by atoms with E-state index < -0.39 is 21.7 Å². The zero-order valence-corrected chi connectivity index (χ0v) is 11.7. The maximum Gasteiger partial charge on any atom is 0.421 e. The zero-order chi connectivity index (χ0) is 14.0. The van der Waals surface area contributed by atoms with Crippen LogP contribution in [0.25, 0.3) is 0 Å². The van der Waals surface area contributed by atoms with Crippen molar-refractivity contribution in [1.29, 1.82) is 0 Å². The van der Waals surface area contributed by atoms with Crippen LogP contribution in [-0.2, 0) is 14.8 Å². The first-order valence-corrected chi connectivity index (χ1v) is 6.91. The molecule has 1 N–H and O–H groups in total. The highest BCUT2D eigenvalue weighted by atomic mass is 32.2. The molecule has 1 aromatic rings. The normalized spacial score (nSPS) is 12.0. The number of carbonyl (C=O) groups excluding carboxylic acids is 1. The SMILES string of the molecule is Cc1cccc(S(=O)(=O)NC(=O)OC(C)(C)C)c1. The lowest BCUT2D eigenvalue weighted by molar-refractivity contribution is 0.0570. The Hall–Kier alpha value is -1.56. The van der Waals surface area contributed by atoms with Crippen LogP contribution in [0.15, 0.2) is 29.2 Å². The first-order chi connectivity index (χ1) is 8.10. The molecule has 1 amide bonds. The van der Waals surface area contributed by atoms with Gasteiger partial charge in [0.2, 0.25) is 0 Å². The highest BCUT2D eigenvalue weighted by Gasteiger charge is 2.22. The molecule has 6 heteroatoms. The van der Waals surface area contributed by atoms with Gasteiger partial charge in [0, 0.05) is 0 Å². The molecule has 0 aliphatic carbocycles. The van der Waals surface area contributed by atoms with Crippen LogP contribution < -0.4 is 4.72 Å². The van der Waals surface area contributed by atoms with Crippen molar-refractivity contribution in [2.45, 2.75) is 38.2 Å². The van der Waals surface area contributed by atoms with E-state index in [9.17, 15) is 13.2 Å². The van der Waals surface area contributed by atoms with Crippen LogP contribution in [0, 0.1) is 6.92 Å². The molecule has 0 unspecified atom stereocenters. The summed E-state index contributed by atoms with van der Waals surface area (Å²) in [5.74, 6) is 0. The molecular formula is C12H17NO4S. The summed E-state index contributed by atoms with van der Waals surface area (Å²) in [5.41, 5.74) is 0.0497. The van der Waals surface area contributed by atoms with Crippen molar-refractivity contribution in [3.8, 4) is 0 Å². The molecule has 0 saturated carbocycles. The van der Waals surface area contributed by atoms with E-state index in [0.717, 1.165) is 5.56 Å². The molecule has 0 fully saturated rings. The summed E-state index contributed by atoms with van der Waals surface area (Å²) in [6.45, 7) is 6.75. The van der Waals surface area contributed by atoms with Gasteiger partial charge in [-0.2, -0.15) is 0 Å². The van der Waals surface area contributed by atoms with Gasteiger partial charge in [0.25, 0.3) is 10.0 Å². The monoisotopic (exact) mass is 271 g/mol. The molecule has 0 aliphatic rings. The minimum atomic E-state index is -3.88. The molecule has 1 rings (SSSR count). The predicted octanol–water partition coefficient (Wildman–Crippen LogP) is 2.21. The minimum absolute atomic E-state index is 0.0355. The summed E-state index contributed by atoms with van der Waals surface area (Å²) in [6, 6.07) is 6.28. The van der Waals surface area contributed by atoms with Crippen LogP contribution in [-0.4, -0.2) is 20.1 Å². The van der Waals surface area contributed by atoms with E-state index in [1.807, 2.05) is 4.72 Å². The van der Waals surface area contributed by atoms with E-state index in [4.69, 9.17) is 4.74 Å². The topological polar surface area (TPSA) is 72.5 Å². The average molecular weight is 271 g/mol. The summed E-state index contributed by atoms with van der Waals surface area (Å²) in [4.78, 5) is 11.5. The van der Waals surface area contributed by atoms with Gasteiger partial charge in [0.05, 0.1) is 4.90 Å². The van der Waals surface area contributed by atoms with Crippen molar-refractivity contribution >= 4 is 16.1 Å². The lowest BCUT2D eigenvalue weighted by Crippen LogP contribution is -2.36. The maximum absolute atomic E-state index is 11.9. The molecule has 0 saturated heterocycles. The number of carbonyl (C=O) groups is 1. The molecule has 18 heavy (non-hydrogen) atoms. The summed E-state index contributed by atoms with van der Waals surface area (Å²) in [7, 11) is -3.88. The fourth-order valence-electron chi connectivity index (χ4n) is 1.25. The number of ether oxygens (including phenoxy) is 1. The van der Waals surface area contributed by atoms with Gasteiger partial charge in [-0.15, -0.1) is 0 Å². The van der Waals surface area contributed by atoms with Crippen LogP contribution in [0.5, 0.6) is 0 Å². The van der Waals surface area contributed by atoms with E-state index in [0.29, 0.717) is 0 Å². The van der Waals surface area contributed by atoms with Gasteiger partial charge < -0.3 is 4.74 Å². The summed E-state index contributed by atoms with van der Waals surface area (Å²) < 4.78 is 30.5. The molecule has 5 nitrogen and oxygen atoms in total. The van der Waals surface area contributed by atoms with E-state index in [1.54, 1.807) is 39.8 Å². The van der Waals surface area contributed by atoms with Crippen LogP contribution >= 0.6 is 0 Å². The molecule has 0 radical (unpaired) electrons. The second-order valence-corrected chi connectivity index (χ2v) is 6.61. The molecule has 0 aliphatic heterocycles. The van der Waals surface area contributed by atoms with Gasteiger partial charge in [-0.05, 0) is 45.4 Å². The van der Waals surface area contributed by atoms with Crippen LogP contribution in [0.3, 0.4) is 0 Å². The van der Waals surface area contributed by atoms with Crippen LogP contribution in [0.4, 0.5) is 4.79 Å². The highest BCUT2D eigenvalue weighted by molar-refractivity contribution is 7.90. The molecular weight excluding hydrogens is 254 g/mol. The van der Waals surface area contributed by atoms with Crippen molar-refractivity contribution in [1.82, 2.24) is 4.72 Å². The van der Waals surface area contributed by atoms with Crippen LogP contribution in [0.2, 0.25) is 0 Å². The van der Waals surface area contributed by atoms with E-state index >= 15 is 0 Å². The Morgan fingerprint density at radius 2 is 1.89 bits per heavy atom. The van der Waals surface area contributed by atoms with Crippen LogP contribution in [0.1, 0.15) is 26.3 Å². The molecule has 100 valence electrons. The zero-order valence-electron chi connectivity index (χ0n) is 10.9. The first kappa shape index (κ1) is 14.5. The number of aryl methyl sites for hydroxylation is 1. The number of hydrogen-bond donors (Lipinski definition) is 1. The average Bonchev–Trinajstić information content (AvgIpc) is 2.13. The van der Waals surface area contributed by atoms with Crippen molar-refractivity contribution in [2.75, 3.05) is 0 Å². The molecule has 0 aromatic heterocycles. The van der Waals surface area contributed by atoms with Gasteiger partial charge in [-0.25, -0.2) is 17.9 Å². The third-order valence-corrected chi connectivity index (χ3v) is 3.23. The molecule has 1 aromatic carbocycles. The molecule has 0 heterocycles. The number of rotatable bonds is 2. The Morgan fingerprint density at radius 3 is 2.39 bits per heavy atom. The maximum atomic E-state index is 11.9. The highest BCUT2D eigenvalue weighted by Crippen LogP contribution is 2.12. The Kier molecular flexibility index (Phi) is 4.01. The lowest BCUT2D eigenvalue weighted by atomic mass is 10.2. The third-order valence-electron chi connectivity index (χ3n) is 1.92. The Bertz CT molecular complexity index is 543. The van der Waals surface area contributed by atoms with Gasteiger partial charge in [-0.3, -0.25) is 0 Å². The third kappa shape index (κ3) is 4.37. The van der Waals surface area contributed by atoms with Crippen molar-refractivity contribution in [3.63, 3.8) is 0 Å². The Balaban J connectivity index is 2.87. The number of nitrogens with one attached hydrogen (secondary N) is 1. The fourth-order valence-corrected chi connectivity index (χ4v) is 2.23. The van der Waals surface area contributed by atoms with Gasteiger partial charge >= 0.3 is 6.09 Å². The number of amides is 1. The molecule has 0 spiro atoms. The number of benzene rings is 1. The smallest absolute Gasteiger partial charge is 0.421 e. The van der Waals surface area contributed by atoms with Crippen molar-refractivity contribution in [2.24, 2.45) is 0 Å². The van der Waals surface area contributed by atoms with E-state index in [-0.39, 0.29) is 4.90 Å². The molecule has 0 bridgehead atoms. The van der Waals surface area contributed by atoms with Crippen molar-refractivity contribution < 1.29 is 17.9 Å². The van der Waals surface area contributed by atoms with E-state index in [1.165, 1.54) is 12.1 Å². The Labute approximate surface area is 107 Å². The number of hydrogen-bond acceptors (Lipinski definition) is 4. The standard InChI is InChI=1S/C12H17NO4S/c1-9-6-5-7-10(8-9)18(15,16)13-11(14)17-12(2,3)4/h5-8H,1-4H3,(H,13,14). The number of sulfonamides is 1. The quantitative estimate of drug-likeness (QED) is 0.895. The minimum Gasteiger partial charge on any atom is -0.443 e.